The fourth-order valence-electron chi connectivity index (χ4n) is 3.90. The maximum absolute atomic E-state index is 12.7. The highest BCUT2D eigenvalue weighted by molar-refractivity contribution is 6.30. The van der Waals surface area contributed by atoms with Gasteiger partial charge < -0.3 is 5.32 Å². The fraction of sp³-hybridized carbons (Fsp3) is 0.292. The van der Waals surface area contributed by atoms with Gasteiger partial charge in [0.25, 0.3) is 0 Å². The van der Waals surface area contributed by atoms with Gasteiger partial charge in [0.1, 0.15) is 6.33 Å². The quantitative estimate of drug-likeness (QED) is 0.624. The van der Waals surface area contributed by atoms with Crippen LogP contribution in [0.5, 0.6) is 0 Å². The maximum atomic E-state index is 12.7. The minimum Gasteiger partial charge on any atom is -0.354 e. The first-order valence-corrected chi connectivity index (χ1v) is 10.7. The van der Waals surface area contributed by atoms with Crippen molar-refractivity contribution in [2.45, 2.75) is 31.8 Å². The molecule has 1 unspecified atom stereocenters. The molecule has 1 amide bonds. The van der Waals surface area contributed by atoms with E-state index in [2.05, 4.69) is 44.5 Å². The molecule has 2 aromatic carbocycles. The molecule has 0 spiro atoms. The number of rotatable bonds is 7. The minimum atomic E-state index is -0.0579. The van der Waals surface area contributed by atoms with Crippen molar-refractivity contribution in [1.82, 2.24) is 20.2 Å². The number of nitrogens with one attached hydrogen (secondary N) is 1. The van der Waals surface area contributed by atoms with Crippen LogP contribution in [-0.2, 0) is 17.8 Å². The van der Waals surface area contributed by atoms with E-state index in [9.17, 15) is 4.79 Å². The molecule has 0 saturated carbocycles. The Morgan fingerprint density at radius 3 is 2.43 bits per heavy atom. The molecule has 30 heavy (non-hydrogen) atoms. The van der Waals surface area contributed by atoms with Crippen LogP contribution in [0.15, 0.2) is 67.3 Å². The Bertz CT molecular complexity index is 961. The lowest BCUT2D eigenvalue weighted by atomic mass is 10.1. The number of carbonyl (C=O) groups excluding carboxylic acids is 1. The highest BCUT2D eigenvalue weighted by Crippen LogP contribution is 2.22. The Morgan fingerprint density at radius 1 is 1.00 bits per heavy atom. The Balaban J connectivity index is 1.30. The van der Waals surface area contributed by atoms with Gasteiger partial charge in [-0.2, -0.15) is 0 Å². The zero-order valence-corrected chi connectivity index (χ0v) is 17.6. The molecule has 0 bridgehead atoms. The number of carbonyl (C=O) groups is 1. The molecule has 1 saturated heterocycles. The fourth-order valence-corrected chi connectivity index (χ4v) is 4.02. The number of halogens is 1. The normalized spacial score (nSPS) is 16.5. The number of amides is 1. The number of hydrogen-bond donors (Lipinski definition) is 1. The molecule has 3 aromatic rings. The van der Waals surface area contributed by atoms with Gasteiger partial charge >= 0.3 is 0 Å². The van der Waals surface area contributed by atoms with Crippen molar-refractivity contribution in [3.8, 4) is 11.1 Å². The summed E-state index contributed by atoms with van der Waals surface area (Å²) >= 11 is 5.92. The van der Waals surface area contributed by atoms with E-state index in [1.54, 1.807) is 0 Å². The van der Waals surface area contributed by atoms with Crippen LogP contribution in [0.1, 0.15) is 24.0 Å². The molecule has 154 valence electrons. The Kier molecular flexibility index (Phi) is 6.72. The molecule has 1 atom stereocenters. The third-order valence-electron chi connectivity index (χ3n) is 5.53. The van der Waals surface area contributed by atoms with Crippen LogP contribution in [0.2, 0.25) is 5.02 Å². The second kappa shape index (κ2) is 9.83. The van der Waals surface area contributed by atoms with Crippen LogP contribution in [0.25, 0.3) is 11.1 Å². The monoisotopic (exact) mass is 420 g/mol. The highest BCUT2D eigenvalue weighted by atomic mass is 35.5. The standard InChI is InChI=1S/C24H25ClN4O/c25-22-9-5-18(6-10-22)11-12-28-24(30)23-2-1-13-29(23)16-19-3-7-20(8-4-19)21-14-26-17-27-15-21/h3-10,14-15,17,23H,1-2,11-13,16H2,(H,28,30). The van der Waals surface area contributed by atoms with E-state index in [0.29, 0.717) is 6.54 Å². The van der Waals surface area contributed by atoms with Crippen molar-refractivity contribution in [2.24, 2.45) is 0 Å². The van der Waals surface area contributed by atoms with Gasteiger partial charge in [-0.15, -0.1) is 0 Å². The van der Waals surface area contributed by atoms with Crippen molar-refractivity contribution in [1.29, 1.82) is 0 Å². The average molecular weight is 421 g/mol. The molecule has 1 aromatic heterocycles. The van der Waals surface area contributed by atoms with E-state index in [-0.39, 0.29) is 11.9 Å². The summed E-state index contributed by atoms with van der Waals surface area (Å²) in [5.74, 6) is 0.125. The summed E-state index contributed by atoms with van der Waals surface area (Å²) in [6.07, 6.45) is 7.92. The Morgan fingerprint density at radius 2 is 1.70 bits per heavy atom. The van der Waals surface area contributed by atoms with Crippen LogP contribution in [0.3, 0.4) is 0 Å². The predicted octanol–water partition coefficient (Wildman–Crippen LogP) is 4.12. The van der Waals surface area contributed by atoms with Crippen molar-refractivity contribution in [2.75, 3.05) is 13.1 Å². The molecule has 0 aliphatic carbocycles. The lowest BCUT2D eigenvalue weighted by molar-refractivity contribution is -0.125. The van der Waals surface area contributed by atoms with Crippen LogP contribution in [-0.4, -0.2) is 39.9 Å². The van der Waals surface area contributed by atoms with E-state index >= 15 is 0 Å². The summed E-state index contributed by atoms with van der Waals surface area (Å²) < 4.78 is 0. The van der Waals surface area contributed by atoms with Gasteiger partial charge in [0, 0.05) is 36.1 Å². The summed E-state index contributed by atoms with van der Waals surface area (Å²) in [6, 6.07) is 16.1. The van der Waals surface area contributed by atoms with E-state index < -0.39 is 0 Å². The summed E-state index contributed by atoms with van der Waals surface area (Å²) in [5, 5.41) is 3.84. The van der Waals surface area contributed by atoms with Crippen molar-refractivity contribution in [3.05, 3.63) is 83.4 Å². The first-order chi connectivity index (χ1) is 14.7. The Hall–Kier alpha value is -2.76. The number of hydrogen-bond acceptors (Lipinski definition) is 4. The summed E-state index contributed by atoms with van der Waals surface area (Å²) in [7, 11) is 0. The van der Waals surface area contributed by atoms with Gasteiger partial charge in [-0.1, -0.05) is 48.0 Å². The zero-order chi connectivity index (χ0) is 20.8. The molecule has 5 nitrogen and oxygen atoms in total. The molecular weight excluding hydrogens is 396 g/mol. The molecule has 1 N–H and O–H groups in total. The van der Waals surface area contributed by atoms with Gasteiger partial charge in [0.15, 0.2) is 0 Å². The van der Waals surface area contributed by atoms with Crippen molar-refractivity contribution >= 4 is 17.5 Å². The van der Waals surface area contributed by atoms with Gasteiger partial charge in [0.2, 0.25) is 5.91 Å². The second-order valence-corrected chi connectivity index (χ2v) is 8.06. The third kappa shape index (κ3) is 5.23. The van der Waals surface area contributed by atoms with Crippen LogP contribution < -0.4 is 5.32 Å². The largest absolute Gasteiger partial charge is 0.354 e. The third-order valence-corrected chi connectivity index (χ3v) is 5.78. The molecule has 1 aliphatic rings. The van der Waals surface area contributed by atoms with Crippen LogP contribution in [0.4, 0.5) is 0 Å². The van der Waals surface area contributed by atoms with Crippen molar-refractivity contribution < 1.29 is 4.79 Å². The van der Waals surface area contributed by atoms with Gasteiger partial charge in [-0.05, 0) is 54.6 Å². The molecule has 0 radical (unpaired) electrons. The lowest BCUT2D eigenvalue weighted by Crippen LogP contribution is -2.43. The van der Waals surface area contributed by atoms with Gasteiger partial charge in [-0.3, -0.25) is 9.69 Å². The number of benzene rings is 2. The predicted molar refractivity (Wildman–Crippen MR) is 119 cm³/mol. The molecule has 2 heterocycles. The molecule has 1 fully saturated rings. The Labute approximate surface area is 182 Å². The van der Waals surface area contributed by atoms with Gasteiger partial charge in [-0.25, -0.2) is 9.97 Å². The van der Waals surface area contributed by atoms with Crippen LogP contribution in [0, 0.1) is 0 Å². The second-order valence-electron chi connectivity index (χ2n) is 7.62. The molecule has 4 rings (SSSR count). The van der Waals surface area contributed by atoms with Crippen molar-refractivity contribution in [3.63, 3.8) is 0 Å². The minimum absolute atomic E-state index is 0.0579. The molecule has 6 heteroatoms. The van der Waals surface area contributed by atoms with Crippen LogP contribution >= 0.6 is 11.6 Å². The van der Waals surface area contributed by atoms with E-state index in [0.717, 1.165) is 48.5 Å². The summed E-state index contributed by atoms with van der Waals surface area (Å²) in [4.78, 5) is 23.2. The first kappa shape index (κ1) is 20.5. The SMILES string of the molecule is O=C(NCCc1ccc(Cl)cc1)C1CCCN1Cc1ccc(-c2cncnc2)cc1. The van der Waals surface area contributed by atoms with E-state index in [4.69, 9.17) is 11.6 Å². The average Bonchev–Trinajstić information content (AvgIpc) is 3.24. The first-order valence-electron chi connectivity index (χ1n) is 10.3. The number of aromatic nitrogens is 2. The van der Waals surface area contributed by atoms with E-state index in [1.807, 2.05) is 36.7 Å². The number of nitrogens with zero attached hydrogens (tertiary/aromatic N) is 3. The highest BCUT2D eigenvalue weighted by Gasteiger charge is 2.30. The van der Waals surface area contributed by atoms with E-state index in [1.165, 1.54) is 17.5 Å². The zero-order valence-electron chi connectivity index (χ0n) is 16.8. The molecule has 1 aliphatic heterocycles. The summed E-state index contributed by atoms with van der Waals surface area (Å²) in [5.41, 5.74) is 4.48. The smallest absolute Gasteiger partial charge is 0.237 e. The lowest BCUT2D eigenvalue weighted by Gasteiger charge is -2.24. The molecular formula is C24H25ClN4O. The maximum Gasteiger partial charge on any atom is 0.237 e. The summed E-state index contributed by atoms with van der Waals surface area (Å²) in [6.45, 7) is 2.36. The topological polar surface area (TPSA) is 58.1 Å². The number of likely N-dealkylation sites (tertiary alicyclic amines) is 1. The van der Waals surface area contributed by atoms with Gasteiger partial charge in [0.05, 0.1) is 6.04 Å².